The number of aromatic amines is 1. The number of aromatic nitrogens is 1. The molecule has 0 aliphatic carbocycles. The summed E-state index contributed by atoms with van der Waals surface area (Å²) in [7, 11) is 1.62. The number of hydrogen-bond acceptors (Lipinski definition) is 4. The summed E-state index contributed by atoms with van der Waals surface area (Å²) < 4.78 is 10.3. The van der Waals surface area contributed by atoms with Crippen LogP contribution in [0, 0.1) is 0 Å². The van der Waals surface area contributed by atoms with Crippen molar-refractivity contribution >= 4 is 17.6 Å². The summed E-state index contributed by atoms with van der Waals surface area (Å²) in [4.78, 5) is 17.2. The number of halogens is 1. The number of methoxy groups -OCH3 is 1. The van der Waals surface area contributed by atoms with E-state index in [9.17, 15) is 4.79 Å². The van der Waals surface area contributed by atoms with Gasteiger partial charge in [-0.15, -0.1) is 0 Å². The fourth-order valence-corrected chi connectivity index (χ4v) is 3.35. The van der Waals surface area contributed by atoms with Gasteiger partial charge in [0.05, 0.1) is 25.3 Å². The first-order valence-corrected chi connectivity index (χ1v) is 8.41. The zero-order valence-corrected chi connectivity index (χ0v) is 14.7. The van der Waals surface area contributed by atoms with Gasteiger partial charge in [-0.3, -0.25) is 9.69 Å². The van der Waals surface area contributed by atoms with E-state index in [-0.39, 0.29) is 5.97 Å². The van der Waals surface area contributed by atoms with Gasteiger partial charge in [0.1, 0.15) is 5.75 Å². The zero-order chi connectivity index (χ0) is 17.1. The van der Waals surface area contributed by atoms with Crippen molar-refractivity contribution in [3.63, 3.8) is 0 Å². The Bertz CT molecular complexity index is 742. The predicted molar refractivity (Wildman–Crippen MR) is 93.4 cm³/mol. The van der Waals surface area contributed by atoms with Gasteiger partial charge in [-0.25, -0.2) is 0 Å². The molecule has 1 aliphatic heterocycles. The molecule has 1 aromatic carbocycles. The average molecular weight is 349 g/mol. The van der Waals surface area contributed by atoms with Gasteiger partial charge in [0.25, 0.3) is 0 Å². The van der Waals surface area contributed by atoms with Crippen molar-refractivity contribution in [2.24, 2.45) is 0 Å². The van der Waals surface area contributed by atoms with Crippen molar-refractivity contribution in [2.75, 3.05) is 26.8 Å². The molecule has 0 spiro atoms. The van der Waals surface area contributed by atoms with E-state index < -0.39 is 0 Å². The third kappa shape index (κ3) is 3.42. The van der Waals surface area contributed by atoms with Crippen LogP contribution in [-0.4, -0.2) is 42.7 Å². The van der Waals surface area contributed by atoms with Crippen LogP contribution in [-0.2, 0) is 22.5 Å². The summed E-state index contributed by atoms with van der Waals surface area (Å²) in [6.45, 7) is 4.09. The lowest BCUT2D eigenvalue weighted by molar-refractivity contribution is -0.144. The van der Waals surface area contributed by atoms with Crippen LogP contribution in [0.2, 0.25) is 5.02 Å². The summed E-state index contributed by atoms with van der Waals surface area (Å²) in [5.41, 5.74) is 4.44. The first kappa shape index (κ1) is 16.9. The molecule has 128 valence electrons. The highest BCUT2D eigenvalue weighted by Crippen LogP contribution is 2.36. The van der Waals surface area contributed by atoms with E-state index in [2.05, 4.69) is 9.88 Å². The van der Waals surface area contributed by atoms with Crippen LogP contribution in [0.25, 0.3) is 11.1 Å². The van der Waals surface area contributed by atoms with Gasteiger partial charge in [0.15, 0.2) is 0 Å². The Morgan fingerprint density at radius 1 is 1.38 bits per heavy atom. The van der Waals surface area contributed by atoms with Crippen LogP contribution in [0.1, 0.15) is 18.2 Å². The minimum atomic E-state index is -0.180. The number of ether oxygens (including phenoxy) is 2. The van der Waals surface area contributed by atoms with Gasteiger partial charge in [-0.2, -0.15) is 0 Å². The van der Waals surface area contributed by atoms with E-state index in [1.165, 1.54) is 11.3 Å². The molecule has 1 aliphatic rings. The molecule has 0 atom stereocenters. The van der Waals surface area contributed by atoms with Crippen LogP contribution < -0.4 is 4.74 Å². The van der Waals surface area contributed by atoms with E-state index >= 15 is 0 Å². The maximum Gasteiger partial charge on any atom is 0.320 e. The number of rotatable bonds is 5. The molecule has 0 unspecified atom stereocenters. The Morgan fingerprint density at radius 3 is 2.92 bits per heavy atom. The van der Waals surface area contributed by atoms with Crippen LogP contribution in [0.15, 0.2) is 24.4 Å². The summed E-state index contributed by atoms with van der Waals surface area (Å²) in [6.07, 6.45) is 2.87. The summed E-state index contributed by atoms with van der Waals surface area (Å²) in [5.74, 6) is 0.553. The van der Waals surface area contributed by atoms with Crippen LogP contribution in [0.4, 0.5) is 0 Å². The van der Waals surface area contributed by atoms with Crippen molar-refractivity contribution < 1.29 is 14.3 Å². The largest absolute Gasteiger partial charge is 0.497 e. The third-order valence-electron chi connectivity index (χ3n) is 4.26. The lowest BCUT2D eigenvalue weighted by Crippen LogP contribution is -2.35. The maximum absolute atomic E-state index is 11.7. The number of benzene rings is 1. The summed E-state index contributed by atoms with van der Waals surface area (Å²) in [5, 5.41) is 0.652. The van der Waals surface area contributed by atoms with E-state index in [1.807, 2.05) is 31.3 Å². The predicted octanol–water partition coefficient (Wildman–Crippen LogP) is 3.26. The molecule has 2 aromatic rings. The lowest BCUT2D eigenvalue weighted by atomic mass is 9.98. The smallest absolute Gasteiger partial charge is 0.320 e. The normalized spacial score (nSPS) is 14.3. The first-order valence-electron chi connectivity index (χ1n) is 8.03. The molecule has 0 bridgehead atoms. The SMILES string of the molecule is CCOC(=O)CN1CCc2[nH]cc(-c3ccc(OC)cc3Cl)c2C1. The van der Waals surface area contributed by atoms with Gasteiger partial charge in [0.2, 0.25) is 0 Å². The maximum atomic E-state index is 11.7. The van der Waals surface area contributed by atoms with Gasteiger partial charge in [-0.1, -0.05) is 11.6 Å². The molecule has 6 heteroatoms. The lowest BCUT2D eigenvalue weighted by Gasteiger charge is -2.26. The second-order valence-corrected chi connectivity index (χ2v) is 6.18. The van der Waals surface area contributed by atoms with E-state index in [0.717, 1.165) is 29.8 Å². The molecule has 1 N–H and O–H groups in total. The van der Waals surface area contributed by atoms with Crippen LogP contribution in [0.3, 0.4) is 0 Å². The Labute approximate surface area is 146 Å². The molecular formula is C18H21ClN2O3. The summed E-state index contributed by atoms with van der Waals surface area (Å²) >= 11 is 6.42. The zero-order valence-electron chi connectivity index (χ0n) is 13.9. The van der Waals surface area contributed by atoms with Crippen molar-refractivity contribution in [3.05, 3.63) is 40.7 Å². The van der Waals surface area contributed by atoms with Gasteiger partial charge < -0.3 is 14.5 Å². The summed E-state index contributed by atoms with van der Waals surface area (Å²) in [6, 6.07) is 5.68. The Hall–Kier alpha value is -1.98. The second kappa shape index (κ2) is 7.28. The Balaban J connectivity index is 1.84. The standard InChI is InChI=1S/C18H21ClN2O3/c1-3-24-18(22)11-21-7-6-17-15(10-21)14(9-20-17)13-5-4-12(23-2)8-16(13)19/h4-5,8-9,20H,3,6-7,10-11H2,1-2H3. The first-order chi connectivity index (χ1) is 11.6. The number of nitrogens with zero attached hydrogens (tertiary/aromatic N) is 1. The topological polar surface area (TPSA) is 54.6 Å². The molecular weight excluding hydrogens is 328 g/mol. The number of esters is 1. The van der Waals surface area contributed by atoms with Gasteiger partial charge in [0, 0.05) is 42.5 Å². The Kier molecular flexibility index (Phi) is 5.11. The number of carbonyl (C=O) groups excluding carboxylic acids is 1. The number of hydrogen-bond donors (Lipinski definition) is 1. The van der Waals surface area contributed by atoms with Gasteiger partial charge in [-0.05, 0) is 30.7 Å². The highest BCUT2D eigenvalue weighted by molar-refractivity contribution is 6.33. The molecule has 0 saturated heterocycles. The van der Waals surface area contributed by atoms with Gasteiger partial charge >= 0.3 is 5.97 Å². The van der Waals surface area contributed by atoms with E-state index in [4.69, 9.17) is 21.1 Å². The van der Waals surface area contributed by atoms with E-state index in [1.54, 1.807) is 7.11 Å². The molecule has 0 saturated carbocycles. The minimum absolute atomic E-state index is 0.180. The molecule has 5 nitrogen and oxygen atoms in total. The highest BCUT2D eigenvalue weighted by atomic mass is 35.5. The Morgan fingerprint density at radius 2 is 2.21 bits per heavy atom. The fourth-order valence-electron chi connectivity index (χ4n) is 3.08. The fraction of sp³-hybridized carbons (Fsp3) is 0.389. The third-order valence-corrected chi connectivity index (χ3v) is 4.58. The number of carbonyl (C=O) groups is 1. The molecule has 0 fully saturated rings. The monoisotopic (exact) mass is 348 g/mol. The number of nitrogens with one attached hydrogen (secondary N) is 1. The molecule has 24 heavy (non-hydrogen) atoms. The minimum Gasteiger partial charge on any atom is -0.497 e. The quantitative estimate of drug-likeness (QED) is 0.843. The van der Waals surface area contributed by atoms with E-state index in [0.29, 0.717) is 24.7 Å². The van der Waals surface area contributed by atoms with Crippen molar-refractivity contribution in [3.8, 4) is 16.9 Å². The van der Waals surface area contributed by atoms with Crippen molar-refractivity contribution in [1.29, 1.82) is 0 Å². The van der Waals surface area contributed by atoms with Crippen LogP contribution >= 0.6 is 11.6 Å². The molecule has 1 aromatic heterocycles. The molecule has 0 amide bonds. The van der Waals surface area contributed by atoms with Crippen molar-refractivity contribution in [1.82, 2.24) is 9.88 Å². The second-order valence-electron chi connectivity index (χ2n) is 5.77. The molecule has 3 rings (SSSR count). The van der Waals surface area contributed by atoms with Crippen molar-refractivity contribution in [2.45, 2.75) is 19.9 Å². The number of H-pyrrole nitrogens is 1. The molecule has 0 radical (unpaired) electrons. The number of fused-ring (bicyclic) bond motifs is 1. The highest BCUT2D eigenvalue weighted by Gasteiger charge is 2.24. The average Bonchev–Trinajstić information content (AvgIpc) is 2.98. The van der Waals surface area contributed by atoms with Crippen LogP contribution in [0.5, 0.6) is 5.75 Å². The molecule has 2 heterocycles.